The molecule has 2 N–H and O–H groups in total. The van der Waals surface area contributed by atoms with Crippen LogP contribution in [0.1, 0.15) is 30.8 Å². The number of halogens is 3. The first-order valence-corrected chi connectivity index (χ1v) is 6.21. The smallest absolute Gasteiger partial charge is 0.399 e. The zero-order valence-electron chi connectivity index (χ0n) is 11.2. The van der Waals surface area contributed by atoms with Crippen LogP contribution in [0.2, 0.25) is 0 Å². The van der Waals surface area contributed by atoms with E-state index in [4.69, 9.17) is 5.73 Å². The summed E-state index contributed by atoms with van der Waals surface area (Å²) in [6.07, 6.45) is -4.53. The van der Waals surface area contributed by atoms with E-state index < -0.39 is 17.8 Å². The quantitative estimate of drug-likeness (QED) is 0.849. The summed E-state index contributed by atoms with van der Waals surface area (Å²) >= 11 is 0. The minimum absolute atomic E-state index is 0.0187. The van der Waals surface area contributed by atoms with Crippen molar-refractivity contribution in [3.63, 3.8) is 0 Å². The van der Waals surface area contributed by atoms with Gasteiger partial charge in [0.15, 0.2) is 0 Å². The van der Waals surface area contributed by atoms with Gasteiger partial charge in [0.2, 0.25) is 5.91 Å². The van der Waals surface area contributed by atoms with E-state index in [1.54, 1.807) is 13.8 Å². The summed E-state index contributed by atoms with van der Waals surface area (Å²) in [5, 5.41) is 0.314. The molecular formula is C14H15F3N2O. The van der Waals surface area contributed by atoms with Crippen LogP contribution < -0.4 is 5.73 Å². The number of nitrogen functional groups attached to an aromatic ring is 1. The van der Waals surface area contributed by atoms with E-state index in [0.29, 0.717) is 11.1 Å². The molecule has 2 aromatic rings. The third-order valence-electron chi connectivity index (χ3n) is 2.95. The molecule has 0 saturated heterocycles. The van der Waals surface area contributed by atoms with Crippen molar-refractivity contribution in [1.29, 1.82) is 0 Å². The fraction of sp³-hybridized carbons (Fsp3) is 0.357. The average molecular weight is 284 g/mol. The molecule has 0 aliphatic rings. The zero-order chi connectivity index (χ0) is 15.1. The lowest BCUT2D eigenvalue weighted by atomic mass is 10.1. The van der Waals surface area contributed by atoms with Gasteiger partial charge in [-0.3, -0.25) is 9.36 Å². The summed E-state index contributed by atoms with van der Waals surface area (Å²) < 4.78 is 40.0. The fourth-order valence-electron chi connectivity index (χ4n) is 2.15. The Morgan fingerprint density at radius 2 is 1.95 bits per heavy atom. The average Bonchev–Trinajstić information content (AvgIpc) is 2.65. The lowest BCUT2D eigenvalue weighted by Crippen LogP contribution is -2.20. The molecule has 0 amide bonds. The van der Waals surface area contributed by atoms with Gasteiger partial charge in [0.25, 0.3) is 0 Å². The number of benzene rings is 1. The van der Waals surface area contributed by atoms with E-state index in [2.05, 4.69) is 0 Å². The van der Waals surface area contributed by atoms with Gasteiger partial charge in [-0.2, -0.15) is 13.2 Å². The molecule has 108 valence electrons. The summed E-state index contributed by atoms with van der Waals surface area (Å²) in [6, 6.07) is 5.33. The first-order chi connectivity index (χ1) is 9.20. The van der Waals surface area contributed by atoms with Crippen molar-refractivity contribution in [2.45, 2.75) is 26.4 Å². The Hall–Kier alpha value is -1.98. The highest BCUT2D eigenvalue weighted by molar-refractivity contribution is 5.95. The van der Waals surface area contributed by atoms with Crippen LogP contribution >= 0.6 is 0 Å². The van der Waals surface area contributed by atoms with Gasteiger partial charge in [0.1, 0.15) is 5.69 Å². The van der Waals surface area contributed by atoms with Crippen LogP contribution in [0.3, 0.4) is 0 Å². The zero-order valence-corrected chi connectivity index (χ0v) is 11.2. The third-order valence-corrected chi connectivity index (χ3v) is 2.95. The van der Waals surface area contributed by atoms with Gasteiger partial charge in [-0.25, -0.2) is 0 Å². The first kappa shape index (κ1) is 14.4. The Morgan fingerprint density at radius 1 is 1.30 bits per heavy atom. The van der Waals surface area contributed by atoms with Gasteiger partial charge in [0, 0.05) is 17.5 Å². The molecule has 0 spiro atoms. The van der Waals surface area contributed by atoms with E-state index in [1.807, 2.05) is 0 Å². The number of alkyl halides is 3. The number of aromatic nitrogens is 1. The molecule has 0 saturated carbocycles. The molecule has 0 atom stereocenters. The predicted octanol–water partition coefficient (Wildman–Crippen LogP) is 3.93. The van der Waals surface area contributed by atoms with Crippen molar-refractivity contribution in [2.24, 2.45) is 5.92 Å². The number of rotatable bonds is 2. The topological polar surface area (TPSA) is 48.0 Å². The van der Waals surface area contributed by atoms with Crippen LogP contribution in [0.4, 0.5) is 18.9 Å². The number of anilines is 1. The molecule has 0 unspecified atom stereocenters. The van der Waals surface area contributed by atoms with Crippen molar-refractivity contribution in [3.05, 3.63) is 30.0 Å². The summed E-state index contributed by atoms with van der Waals surface area (Å²) in [4.78, 5) is 12.1. The maximum atomic E-state index is 13.1. The number of nitrogens with two attached hydrogens (primary N) is 1. The van der Waals surface area contributed by atoms with E-state index in [9.17, 15) is 18.0 Å². The molecule has 1 heterocycles. The molecule has 2 rings (SSSR count). The second-order valence-corrected chi connectivity index (χ2v) is 5.17. The number of carbonyl (C=O) groups excluding carboxylic acids is 1. The number of hydrogen-bond acceptors (Lipinski definition) is 2. The van der Waals surface area contributed by atoms with Gasteiger partial charge in [-0.15, -0.1) is 0 Å². The highest BCUT2D eigenvalue weighted by Gasteiger charge is 2.37. The minimum Gasteiger partial charge on any atom is -0.399 e. The van der Waals surface area contributed by atoms with E-state index in [0.717, 1.165) is 10.6 Å². The molecule has 1 aromatic heterocycles. The summed E-state index contributed by atoms with van der Waals surface area (Å²) in [5.74, 6) is -0.582. The summed E-state index contributed by atoms with van der Waals surface area (Å²) in [7, 11) is 0. The molecule has 1 aromatic carbocycles. The Bertz CT molecular complexity index is 656. The molecule has 0 radical (unpaired) electrons. The monoisotopic (exact) mass is 284 g/mol. The van der Waals surface area contributed by atoms with E-state index >= 15 is 0 Å². The van der Waals surface area contributed by atoms with Gasteiger partial charge < -0.3 is 5.73 Å². The maximum Gasteiger partial charge on any atom is 0.431 e. The molecule has 6 heteroatoms. The van der Waals surface area contributed by atoms with Gasteiger partial charge in [-0.1, -0.05) is 13.8 Å². The second-order valence-electron chi connectivity index (χ2n) is 5.17. The van der Waals surface area contributed by atoms with Gasteiger partial charge in [-0.05, 0) is 30.2 Å². The number of nitrogens with zero attached hydrogens (tertiary/aromatic N) is 1. The number of carbonyl (C=O) groups is 1. The second kappa shape index (κ2) is 4.85. The standard InChI is InChI=1S/C14H15F3N2O/c1-8(2)5-13(20)19-11-4-3-10(18)6-9(11)7-12(19)14(15,16)17/h3-4,6-8H,5,18H2,1-2H3. The molecule has 20 heavy (non-hydrogen) atoms. The lowest BCUT2D eigenvalue weighted by Gasteiger charge is -2.13. The van der Waals surface area contributed by atoms with Crippen LogP contribution in [0, 0.1) is 5.92 Å². The Morgan fingerprint density at radius 3 is 2.50 bits per heavy atom. The molecule has 0 aliphatic carbocycles. The largest absolute Gasteiger partial charge is 0.431 e. The Balaban J connectivity index is 2.68. The minimum atomic E-state index is -4.58. The summed E-state index contributed by atoms with van der Waals surface area (Å²) in [6.45, 7) is 3.57. The van der Waals surface area contributed by atoms with Crippen molar-refractivity contribution in [1.82, 2.24) is 4.57 Å². The molecule has 3 nitrogen and oxygen atoms in total. The van der Waals surface area contributed by atoms with Gasteiger partial charge in [0.05, 0.1) is 5.52 Å². The van der Waals surface area contributed by atoms with Crippen molar-refractivity contribution in [2.75, 3.05) is 5.73 Å². The molecule has 0 bridgehead atoms. The fourth-order valence-corrected chi connectivity index (χ4v) is 2.15. The van der Waals surface area contributed by atoms with Crippen LogP contribution in [-0.2, 0) is 6.18 Å². The maximum absolute atomic E-state index is 13.1. The van der Waals surface area contributed by atoms with E-state index in [1.165, 1.54) is 18.2 Å². The highest BCUT2D eigenvalue weighted by Crippen LogP contribution is 2.35. The number of fused-ring (bicyclic) bond motifs is 1. The lowest BCUT2D eigenvalue weighted by molar-refractivity contribution is -0.142. The van der Waals surface area contributed by atoms with Crippen LogP contribution in [0.25, 0.3) is 10.9 Å². The molecular weight excluding hydrogens is 269 g/mol. The van der Waals surface area contributed by atoms with E-state index in [-0.39, 0.29) is 17.9 Å². The Kier molecular flexibility index (Phi) is 3.50. The Labute approximate surface area is 114 Å². The molecule has 0 fully saturated rings. The predicted molar refractivity (Wildman–Crippen MR) is 71.4 cm³/mol. The SMILES string of the molecule is CC(C)CC(=O)n1c(C(F)(F)F)cc2cc(N)ccc21. The number of hydrogen-bond donors (Lipinski definition) is 1. The van der Waals surface area contributed by atoms with Crippen molar-refractivity contribution < 1.29 is 18.0 Å². The molecule has 0 aliphatic heterocycles. The van der Waals surface area contributed by atoms with Gasteiger partial charge >= 0.3 is 6.18 Å². The van der Waals surface area contributed by atoms with Crippen LogP contribution in [-0.4, -0.2) is 10.5 Å². The van der Waals surface area contributed by atoms with Crippen molar-refractivity contribution >= 4 is 22.5 Å². The van der Waals surface area contributed by atoms with Crippen LogP contribution in [0.15, 0.2) is 24.3 Å². The normalized spacial score (nSPS) is 12.3. The van der Waals surface area contributed by atoms with Crippen LogP contribution in [0.5, 0.6) is 0 Å². The first-order valence-electron chi connectivity index (χ1n) is 6.21. The third kappa shape index (κ3) is 2.64. The van der Waals surface area contributed by atoms with Crippen molar-refractivity contribution in [3.8, 4) is 0 Å². The summed E-state index contributed by atoms with van der Waals surface area (Å²) in [5.41, 5.74) is 5.21. The highest BCUT2D eigenvalue weighted by atomic mass is 19.4.